The summed E-state index contributed by atoms with van der Waals surface area (Å²) in [5, 5.41) is 16.4. The molecule has 0 aliphatic rings. The molecule has 29 heavy (non-hydrogen) atoms. The number of carbonyl (C=O) groups is 1. The van der Waals surface area contributed by atoms with E-state index < -0.39 is 29.0 Å². The summed E-state index contributed by atoms with van der Waals surface area (Å²) in [6, 6.07) is 13.2. The quantitative estimate of drug-likeness (QED) is 0.385. The van der Waals surface area contributed by atoms with Crippen molar-refractivity contribution in [2.45, 2.75) is 6.54 Å². The third-order valence-electron chi connectivity index (χ3n) is 3.85. The molecule has 2 aromatic carbocycles. The largest absolute Gasteiger partial charge is 0.494 e. The van der Waals surface area contributed by atoms with Crippen molar-refractivity contribution in [3.63, 3.8) is 0 Å². The van der Waals surface area contributed by atoms with Crippen molar-refractivity contribution in [1.82, 2.24) is 15.0 Å². The minimum Gasteiger partial charge on any atom is -0.494 e. The number of hydrogen-bond acceptors (Lipinski definition) is 5. The number of halogens is 1. The first-order valence-corrected chi connectivity index (χ1v) is 8.39. The summed E-state index contributed by atoms with van der Waals surface area (Å²) in [5.74, 6) is -1.09. The van der Waals surface area contributed by atoms with Crippen molar-refractivity contribution >= 4 is 17.9 Å². The van der Waals surface area contributed by atoms with E-state index in [1.807, 2.05) is 0 Å². The fourth-order valence-electron chi connectivity index (χ4n) is 2.45. The second-order valence-corrected chi connectivity index (χ2v) is 5.90. The molecule has 10 heteroatoms. The number of hydrogen-bond donors (Lipinski definition) is 4. The van der Waals surface area contributed by atoms with E-state index in [9.17, 15) is 23.9 Å². The molecule has 0 fully saturated rings. The maximum Gasteiger partial charge on any atom is 0.339 e. The molecule has 0 spiro atoms. The van der Waals surface area contributed by atoms with Gasteiger partial charge in [-0.3, -0.25) is 14.3 Å². The molecular formula is C19H16FN5O4. The molecule has 4 N–H and O–H groups in total. The minimum atomic E-state index is -0.878. The topological polar surface area (TPSA) is 129 Å². The normalized spacial score (nSPS) is 10.8. The number of carbonyl (C=O) groups excluding carboxylic acids is 1. The van der Waals surface area contributed by atoms with Crippen LogP contribution in [0.3, 0.4) is 0 Å². The average molecular weight is 397 g/mol. The van der Waals surface area contributed by atoms with Gasteiger partial charge >= 0.3 is 11.7 Å². The number of aromatic nitrogens is 2. The third-order valence-corrected chi connectivity index (χ3v) is 3.85. The molecule has 3 aromatic rings. The molecule has 1 heterocycles. The number of rotatable bonds is 5. The molecule has 0 atom stereocenters. The number of nitrogens with one attached hydrogen (secondary N) is 3. The van der Waals surface area contributed by atoms with Crippen molar-refractivity contribution in [2.75, 3.05) is 5.32 Å². The number of benzene rings is 2. The first-order valence-electron chi connectivity index (χ1n) is 8.39. The molecule has 1 aromatic heterocycles. The lowest BCUT2D eigenvalue weighted by Gasteiger charge is -2.09. The van der Waals surface area contributed by atoms with Gasteiger partial charge in [-0.25, -0.2) is 19.4 Å². The van der Waals surface area contributed by atoms with Crippen molar-refractivity contribution < 1.29 is 14.3 Å². The molecule has 0 saturated heterocycles. The highest BCUT2D eigenvalue weighted by Gasteiger charge is 2.13. The number of aromatic hydroxyl groups is 1. The Kier molecular flexibility index (Phi) is 5.83. The Morgan fingerprint density at radius 2 is 1.83 bits per heavy atom. The van der Waals surface area contributed by atoms with Gasteiger partial charge in [0.2, 0.25) is 5.88 Å². The van der Waals surface area contributed by atoms with Crippen LogP contribution in [0.1, 0.15) is 11.1 Å². The second-order valence-electron chi connectivity index (χ2n) is 5.90. The van der Waals surface area contributed by atoms with Crippen LogP contribution in [-0.2, 0) is 6.54 Å². The van der Waals surface area contributed by atoms with Crippen molar-refractivity contribution in [2.24, 2.45) is 5.10 Å². The summed E-state index contributed by atoms with van der Waals surface area (Å²) < 4.78 is 13.9. The van der Waals surface area contributed by atoms with Crippen LogP contribution >= 0.6 is 0 Å². The predicted molar refractivity (Wildman–Crippen MR) is 105 cm³/mol. The summed E-state index contributed by atoms with van der Waals surface area (Å²) in [4.78, 5) is 37.8. The highest BCUT2D eigenvalue weighted by Crippen LogP contribution is 2.11. The number of aromatic amines is 1. The lowest BCUT2D eigenvalue weighted by Crippen LogP contribution is -2.33. The Hall–Kier alpha value is -4.21. The van der Waals surface area contributed by atoms with Gasteiger partial charge in [0.15, 0.2) is 0 Å². The lowest BCUT2D eigenvalue weighted by atomic mass is 10.2. The lowest BCUT2D eigenvalue weighted by molar-refractivity contribution is 0.252. The molecule has 0 aliphatic carbocycles. The molecule has 148 valence electrons. The third kappa shape index (κ3) is 4.95. The number of H-pyrrole nitrogens is 1. The molecule has 0 aliphatic heterocycles. The zero-order valence-corrected chi connectivity index (χ0v) is 14.9. The summed E-state index contributed by atoms with van der Waals surface area (Å²) in [7, 11) is 0. The average Bonchev–Trinajstić information content (AvgIpc) is 2.70. The molecule has 2 amide bonds. The molecule has 0 bridgehead atoms. The molecule has 0 unspecified atom stereocenters. The van der Waals surface area contributed by atoms with Gasteiger partial charge in [0, 0.05) is 5.69 Å². The van der Waals surface area contributed by atoms with E-state index in [1.165, 1.54) is 24.3 Å². The molecule has 9 nitrogen and oxygen atoms in total. The SMILES string of the molecule is O=C(N/N=C/c1c(O)n(Cc2ccc(F)cc2)c(=O)[nH]c1=O)Nc1ccccc1. The van der Waals surface area contributed by atoms with E-state index in [2.05, 4.69) is 20.8 Å². The van der Waals surface area contributed by atoms with Gasteiger partial charge in [0.1, 0.15) is 11.4 Å². The number of para-hydroxylation sites is 1. The van der Waals surface area contributed by atoms with Gasteiger partial charge in [-0.2, -0.15) is 5.10 Å². The molecule has 0 saturated carbocycles. The number of nitrogens with zero attached hydrogens (tertiary/aromatic N) is 2. The molecular weight excluding hydrogens is 381 g/mol. The Morgan fingerprint density at radius 1 is 1.14 bits per heavy atom. The minimum absolute atomic E-state index is 0.107. The van der Waals surface area contributed by atoms with Crippen LogP contribution in [0.5, 0.6) is 5.88 Å². The van der Waals surface area contributed by atoms with Gasteiger partial charge in [-0.05, 0) is 29.8 Å². The smallest absolute Gasteiger partial charge is 0.339 e. The van der Waals surface area contributed by atoms with Gasteiger partial charge in [0.05, 0.1) is 12.8 Å². The molecule has 0 radical (unpaired) electrons. The van der Waals surface area contributed by atoms with Crippen LogP contribution in [0.15, 0.2) is 69.3 Å². The van der Waals surface area contributed by atoms with E-state index in [0.29, 0.717) is 11.3 Å². The highest BCUT2D eigenvalue weighted by molar-refractivity contribution is 5.90. The molecule has 3 rings (SSSR count). The van der Waals surface area contributed by atoms with E-state index >= 15 is 0 Å². The Morgan fingerprint density at radius 3 is 2.52 bits per heavy atom. The van der Waals surface area contributed by atoms with Crippen LogP contribution in [0.25, 0.3) is 0 Å². The van der Waals surface area contributed by atoms with E-state index in [4.69, 9.17) is 0 Å². The van der Waals surface area contributed by atoms with Gasteiger partial charge < -0.3 is 10.4 Å². The fraction of sp³-hybridized carbons (Fsp3) is 0.0526. The van der Waals surface area contributed by atoms with Gasteiger partial charge in [-0.1, -0.05) is 30.3 Å². The van der Waals surface area contributed by atoms with Crippen molar-refractivity contribution in [3.05, 3.63) is 92.4 Å². The van der Waals surface area contributed by atoms with Crippen LogP contribution in [0.4, 0.5) is 14.9 Å². The Bertz CT molecular complexity index is 1150. The summed E-state index contributed by atoms with van der Waals surface area (Å²) in [5.41, 5.74) is 1.16. The standard InChI is InChI=1S/C19H16FN5O4/c20-13-8-6-12(7-9-13)11-25-17(27)15(16(26)23-19(25)29)10-21-24-18(28)22-14-4-2-1-3-5-14/h1-10,27H,11H2,(H2,22,24,28)(H,23,26,29)/b21-10+. The monoisotopic (exact) mass is 397 g/mol. The predicted octanol–water partition coefficient (Wildman–Crippen LogP) is 1.59. The Labute approximate surface area is 163 Å². The number of amides is 2. The van der Waals surface area contributed by atoms with E-state index in [1.54, 1.807) is 30.3 Å². The Balaban J connectivity index is 1.77. The highest BCUT2D eigenvalue weighted by atomic mass is 19.1. The summed E-state index contributed by atoms with van der Waals surface area (Å²) in [6.07, 6.45) is 0.916. The van der Waals surface area contributed by atoms with Crippen LogP contribution < -0.4 is 22.0 Å². The second kappa shape index (κ2) is 8.65. The van der Waals surface area contributed by atoms with Crippen molar-refractivity contribution in [1.29, 1.82) is 0 Å². The zero-order valence-electron chi connectivity index (χ0n) is 14.9. The number of urea groups is 1. The first-order chi connectivity index (χ1) is 13.9. The van der Waals surface area contributed by atoms with Crippen LogP contribution in [0.2, 0.25) is 0 Å². The van der Waals surface area contributed by atoms with E-state index in [0.717, 1.165) is 10.8 Å². The first kappa shape index (κ1) is 19.5. The summed E-state index contributed by atoms with van der Waals surface area (Å²) >= 11 is 0. The van der Waals surface area contributed by atoms with Gasteiger partial charge in [0.25, 0.3) is 5.56 Å². The maximum atomic E-state index is 13.0. The van der Waals surface area contributed by atoms with Gasteiger partial charge in [-0.15, -0.1) is 0 Å². The number of hydrazone groups is 1. The summed E-state index contributed by atoms with van der Waals surface area (Å²) in [6.45, 7) is -0.107. The van der Waals surface area contributed by atoms with Crippen molar-refractivity contribution in [3.8, 4) is 5.88 Å². The maximum absolute atomic E-state index is 13.0. The van der Waals surface area contributed by atoms with Crippen LogP contribution in [0, 0.1) is 5.82 Å². The zero-order chi connectivity index (χ0) is 20.8. The van der Waals surface area contributed by atoms with Crippen LogP contribution in [-0.4, -0.2) is 26.9 Å². The number of anilines is 1. The fourth-order valence-corrected chi connectivity index (χ4v) is 2.45. The van der Waals surface area contributed by atoms with E-state index in [-0.39, 0.29) is 12.1 Å².